The third-order valence-corrected chi connectivity index (χ3v) is 2.89. The van der Waals surface area contributed by atoms with Gasteiger partial charge in [-0.25, -0.2) is 9.37 Å². The van der Waals surface area contributed by atoms with Gasteiger partial charge in [0.25, 0.3) is 0 Å². The van der Waals surface area contributed by atoms with Crippen LogP contribution in [0.3, 0.4) is 0 Å². The molecule has 0 radical (unpaired) electrons. The van der Waals surface area contributed by atoms with Gasteiger partial charge in [-0.05, 0) is 18.2 Å². The number of nitrogens with one attached hydrogen (secondary N) is 2. The van der Waals surface area contributed by atoms with Gasteiger partial charge >= 0.3 is 0 Å². The Morgan fingerprint density at radius 1 is 1.25 bits per heavy atom. The van der Waals surface area contributed by atoms with Gasteiger partial charge in [-0.3, -0.25) is 10.5 Å². The minimum absolute atomic E-state index is 0.00766. The number of H-pyrrole nitrogens is 1. The smallest absolute Gasteiger partial charge is 0.232 e. The molecule has 100 valence electrons. The zero-order valence-electron chi connectivity index (χ0n) is 10.4. The summed E-state index contributed by atoms with van der Waals surface area (Å²) in [7, 11) is 0. The molecule has 0 spiro atoms. The molecule has 0 aliphatic carbocycles. The first-order valence-electron chi connectivity index (χ1n) is 6.00. The van der Waals surface area contributed by atoms with E-state index in [1.54, 1.807) is 36.5 Å². The second-order valence-corrected chi connectivity index (χ2v) is 4.18. The summed E-state index contributed by atoms with van der Waals surface area (Å²) in [6.45, 7) is -0.00766. The second-order valence-electron chi connectivity index (χ2n) is 4.18. The lowest BCUT2D eigenvalue weighted by Gasteiger charge is -2.06. The van der Waals surface area contributed by atoms with Crippen LogP contribution in [-0.4, -0.2) is 21.1 Å². The topological polar surface area (TPSA) is 74.7 Å². The van der Waals surface area contributed by atoms with E-state index in [0.717, 1.165) is 0 Å². The largest absolute Gasteiger partial charge is 0.472 e. The maximum atomic E-state index is 13.5. The monoisotopic (exact) mass is 270 g/mol. The molecule has 0 saturated heterocycles. The zero-order chi connectivity index (χ0) is 13.9. The van der Waals surface area contributed by atoms with Crippen molar-refractivity contribution in [2.75, 3.05) is 0 Å². The number of halogens is 1. The second kappa shape index (κ2) is 5.08. The maximum absolute atomic E-state index is 13.5. The van der Waals surface area contributed by atoms with Crippen LogP contribution in [0.4, 0.5) is 4.39 Å². The van der Waals surface area contributed by atoms with Gasteiger partial charge in [0, 0.05) is 11.8 Å². The minimum Gasteiger partial charge on any atom is -0.472 e. The quantitative estimate of drug-likeness (QED) is 0.567. The summed E-state index contributed by atoms with van der Waals surface area (Å²) < 4.78 is 18.8. The zero-order valence-corrected chi connectivity index (χ0v) is 10.4. The Morgan fingerprint density at radius 2 is 2.10 bits per heavy atom. The Labute approximate surface area is 113 Å². The molecule has 3 aromatic rings. The fourth-order valence-corrected chi connectivity index (χ4v) is 1.86. The molecule has 0 amide bonds. The average Bonchev–Trinajstić information content (AvgIpc) is 2.90. The molecule has 20 heavy (non-hydrogen) atoms. The maximum Gasteiger partial charge on any atom is 0.232 e. The molecule has 0 atom stereocenters. The number of pyridine rings is 1. The first-order valence-corrected chi connectivity index (χ1v) is 6.00. The molecule has 0 aliphatic rings. The predicted molar refractivity (Wildman–Crippen MR) is 71.9 cm³/mol. The standard InChI is InChI=1S/C14H11FN4O/c15-11-6-2-1-4-9(11)8-20-13(16)12-10-5-3-7-17-14(10)19-18-12/h1-7,16H,8H2,(H,17,18,19). The van der Waals surface area contributed by atoms with Crippen molar-refractivity contribution in [2.24, 2.45) is 0 Å². The van der Waals surface area contributed by atoms with Crippen LogP contribution in [0.25, 0.3) is 11.0 Å². The number of aromatic amines is 1. The molecular weight excluding hydrogens is 259 g/mol. The van der Waals surface area contributed by atoms with E-state index in [2.05, 4.69) is 15.2 Å². The molecule has 6 heteroatoms. The van der Waals surface area contributed by atoms with Crippen LogP contribution in [0.2, 0.25) is 0 Å². The third-order valence-electron chi connectivity index (χ3n) is 2.89. The number of fused-ring (bicyclic) bond motifs is 1. The molecule has 3 rings (SSSR count). The molecule has 0 bridgehead atoms. The van der Waals surface area contributed by atoms with Crippen molar-refractivity contribution >= 4 is 16.9 Å². The first-order chi connectivity index (χ1) is 9.75. The Morgan fingerprint density at radius 3 is 2.95 bits per heavy atom. The number of rotatable bonds is 3. The van der Waals surface area contributed by atoms with Crippen LogP contribution in [0.1, 0.15) is 11.3 Å². The van der Waals surface area contributed by atoms with Crippen molar-refractivity contribution in [1.29, 1.82) is 5.41 Å². The Balaban J connectivity index is 1.79. The van der Waals surface area contributed by atoms with Crippen LogP contribution < -0.4 is 0 Å². The van der Waals surface area contributed by atoms with Crippen molar-refractivity contribution in [2.45, 2.75) is 6.61 Å². The molecular formula is C14H11FN4O. The summed E-state index contributed by atoms with van der Waals surface area (Å²) in [4.78, 5) is 4.06. The molecule has 1 aromatic carbocycles. The Kier molecular flexibility index (Phi) is 3.12. The number of nitrogens with zero attached hydrogens (tertiary/aromatic N) is 2. The number of aromatic nitrogens is 3. The van der Waals surface area contributed by atoms with Gasteiger partial charge in [-0.2, -0.15) is 5.10 Å². The van der Waals surface area contributed by atoms with E-state index in [9.17, 15) is 4.39 Å². The summed E-state index contributed by atoms with van der Waals surface area (Å²) in [5.41, 5.74) is 1.35. The highest BCUT2D eigenvalue weighted by Gasteiger charge is 2.12. The lowest BCUT2D eigenvalue weighted by atomic mass is 10.2. The van der Waals surface area contributed by atoms with Gasteiger partial charge in [0.15, 0.2) is 5.65 Å². The number of hydrogen-bond acceptors (Lipinski definition) is 4. The Hall–Kier alpha value is -2.76. The summed E-state index contributed by atoms with van der Waals surface area (Å²) in [5.74, 6) is -0.444. The van der Waals surface area contributed by atoms with Gasteiger partial charge < -0.3 is 4.74 Å². The van der Waals surface area contributed by atoms with Gasteiger partial charge in [0.2, 0.25) is 5.90 Å². The predicted octanol–water partition coefficient (Wildman–Crippen LogP) is 2.64. The van der Waals surface area contributed by atoms with Gasteiger partial charge in [0.1, 0.15) is 18.1 Å². The molecule has 2 N–H and O–H groups in total. The summed E-state index contributed by atoms with van der Waals surface area (Å²) in [6, 6.07) is 9.86. The van der Waals surface area contributed by atoms with E-state index in [1.165, 1.54) is 6.07 Å². The van der Waals surface area contributed by atoms with Crippen LogP contribution >= 0.6 is 0 Å². The SMILES string of the molecule is N=C(OCc1ccccc1F)c1[nH]nc2ncccc12. The van der Waals surface area contributed by atoms with Crippen LogP contribution in [0.5, 0.6) is 0 Å². The molecule has 5 nitrogen and oxygen atoms in total. The summed E-state index contributed by atoms with van der Waals surface area (Å²) in [6.07, 6.45) is 1.62. The van der Waals surface area contributed by atoms with E-state index in [1.807, 2.05) is 0 Å². The number of hydrogen-bond donors (Lipinski definition) is 2. The van der Waals surface area contributed by atoms with E-state index in [-0.39, 0.29) is 18.3 Å². The summed E-state index contributed by atoms with van der Waals surface area (Å²) >= 11 is 0. The molecule has 0 unspecified atom stereocenters. The van der Waals surface area contributed by atoms with Gasteiger partial charge in [-0.15, -0.1) is 0 Å². The van der Waals surface area contributed by atoms with Crippen molar-refractivity contribution in [3.63, 3.8) is 0 Å². The van der Waals surface area contributed by atoms with Crippen LogP contribution in [-0.2, 0) is 11.3 Å². The highest BCUT2D eigenvalue weighted by molar-refractivity contribution is 6.02. The third kappa shape index (κ3) is 2.23. The molecule has 2 aromatic heterocycles. The lowest BCUT2D eigenvalue weighted by molar-refractivity contribution is 0.284. The average molecular weight is 270 g/mol. The van der Waals surface area contributed by atoms with E-state index < -0.39 is 0 Å². The fourth-order valence-electron chi connectivity index (χ4n) is 1.86. The van der Waals surface area contributed by atoms with Gasteiger partial charge in [-0.1, -0.05) is 18.2 Å². The normalized spacial score (nSPS) is 10.7. The van der Waals surface area contributed by atoms with Crippen molar-refractivity contribution in [3.8, 4) is 0 Å². The minimum atomic E-state index is -0.351. The highest BCUT2D eigenvalue weighted by Crippen LogP contribution is 2.15. The van der Waals surface area contributed by atoms with E-state index in [4.69, 9.17) is 10.1 Å². The fraction of sp³-hybridized carbons (Fsp3) is 0.0714. The highest BCUT2D eigenvalue weighted by atomic mass is 19.1. The van der Waals surface area contributed by atoms with E-state index >= 15 is 0 Å². The summed E-state index contributed by atoms with van der Waals surface area (Å²) in [5, 5.41) is 15.3. The lowest BCUT2D eigenvalue weighted by Crippen LogP contribution is -2.07. The number of benzene rings is 1. The van der Waals surface area contributed by atoms with Gasteiger partial charge in [0.05, 0.1) is 5.39 Å². The van der Waals surface area contributed by atoms with Crippen LogP contribution in [0.15, 0.2) is 42.6 Å². The van der Waals surface area contributed by atoms with Crippen molar-refractivity contribution in [1.82, 2.24) is 15.2 Å². The molecule has 0 aliphatic heterocycles. The molecule has 0 saturated carbocycles. The molecule has 2 heterocycles. The molecule has 0 fully saturated rings. The van der Waals surface area contributed by atoms with Crippen molar-refractivity contribution < 1.29 is 9.13 Å². The van der Waals surface area contributed by atoms with Crippen LogP contribution in [0, 0.1) is 11.2 Å². The number of ether oxygens (including phenoxy) is 1. The Bertz CT molecular complexity index is 768. The first kappa shape index (κ1) is 12.3. The van der Waals surface area contributed by atoms with E-state index in [0.29, 0.717) is 22.3 Å². The van der Waals surface area contributed by atoms with Crippen molar-refractivity contribution in [3.05, 3.63) is 59.7 Å².